The Hall–Kier alpha value is -3.03. The highest BCUT2D eigenvalue weighted by molar-refractivity contribution is 7.80. The summed E-state index contributed by atoms with van der Waals surface area (Å²) in [6, 6.07) is 28.5. The molecule has 0 aliphatic rings. The number of ether oxygens (including phenoxy) is 1. The molecule has 0 bridgehead atoms. The lowest BCUT2D eigenvalue weighted by Crippen LogP contribution is -2.32. The van der Waals surface area contributed by atoms with E-state index in [1.54, 1.807) is 6.92 Å². The lowest BCUT2D eigenvalue weighted by Gasteiger charge is -2.28. The monoisotopic (exact) mass is 486 g/mol. The van der Waals surface area contributed by atoms with Crippen molar-refractivity contribution in [1.82, 2.24) is 0 Å². The summed E-state index contributed by atoms with van der Waals surface area (Å²) in [6.45, 7) is 9.63. The van der Waals surface area contributed by atoms with Crippen LogP contribution in [0.5, 0.6) is 0 Å². The van der Waals surface area contributed by atoms with Gasteiger partial charge in [-0.2, -0.15) is 0 Å². The molecule has 0 amide bonds. The third kappa shape index (κ3) is 6.99. The zero-order valence-electron chi connectivity index (χ0n) is 21.3. The molecule has 0 spiro atoms. The number of hydrogen-bond acceptors (Lipinski definition) is 3. The van der Waals surface area contributed by atoms with Crippen LogP contribution in [-0.4, -0.2) is 17.9 Å². The second kappa shape index (κ2) is 12.6. The van der Waals surface area contributed by atoms with E-state index < -0.39 is 7.92 Å². The zero-order chi connectivity index (χ0) is 25.4. The maximum Gasteiger partial charge on any atom is 0.339 e. The molecule has 2 atom stereocenters. The summed E-state index contributed by atoms with van der Waals surface area (Å²) >= 11 is 0. The van der Waals surface area contributed by atoms with Crippen LogP contribution in [0.3, 0.4) is 0 Å². The molecule has 0 aromatic heterocycles. The first-order valence-electron chi connectivity index (χ1n) is 12.2. The number of esters is 1. The molecular formula is C31H35O3P. The minimum Gasteiger partial charge on any atom is -0.458 e. The number of ketones is 1. The second-order valence-electron chi connectivity index (χ2n) is 9.29. The van der Waals surface area contributed by atoms with Crippen LogP contribution in [0.2, 0.25) is 0 Å². The van der Waals surface area contributed by atoms with Gasteiger partial charge < -0.3 is 4.74 Å². The van der Waals surface area contributed by atoms with E-state index in [2.05, 4.69) is 51.1 Å². The highest BCUT2D eigenvalue weighted by atomic mass is 31.1. The van der Waals surface area contributed by atoms with Crippen LogP contribution in [0, 0.1) is 11.8 Å². The number of hydrogen-bond donors (Lipinski definition) is 0. The fourth-order valence-electron chi connectivity index (χ4n) is 4.16. The van der Waals surface area contributed by atoms with Crippen LogP contribution >= 0.6 is 7.92 Å². The van der Waals surface area contributed by atoms with Crippen LogP contribution in [0.1, 0.15) is 51.4 Å². The molecule has 0 radical (unpaired) electrons. The van der Waals surface area contributed by atoms with E-state index in [4.69, 9.17) is 4.74 Å². The van der Waals surface area contributed by atoms with E-state index in [9.17, 15) is 9.59 Å². The van der Waals surface area contributed by atoms with Crippen molar-refractivity contribution in [2.45, 2.75) is 47.1 Å². The van der Waals surface area contributed by atoms with Crippen LogP contribution in [-0.2, 0) is 9.53 Å². The van der Waals surface area contributed by atoms with Gasteiger partial charge in [-0.3, -0.25) is 4.79 Å². The maximum absolute atomic E-state index is 13.6. The van der Waals surface area contributed by atoms with Gasteiger partial charge in [-0.15, -0.1) is 0 Å². The molecule has 182 valence electrons. The summed E-state index contributed by atoms with van der Waals surface area (Å²) in [7, 11) is -0.925. The number of carbonyl (C=O) groups is 2. The Morgan fingerprint density at radius 3 is 1.83 bits per heavy atom. The van der Waals surface area contributed by atoms with Crippen LogP contribution in [0.25, 0.3) is 0 Å². The normalized spacial score (nSPS) is 13.5. The summed E-state index contributed by atoms with van der Waals surface area (Å²) in [4.78, 5) is 25.2. The Bertz CT molecular complexity index is 1110. The summed E-state index contributed by atoms with van der Waals surface area (Å²) in [6.07, 6.45) is 2.38. The summed E-state index contributed by atoms with van der Waals surface area (Å²) in [5.41, 5.74) is 1.35. The molecule has 4 heteroatoms. The maximum atomic E-state index is 13.6. The van der Waals surface area contributed by atoms with E-state index in [1.807, 2.05) is 67.6 Å². The van der Waals surface area contributed by atoms with E-state index in [-0.39, 0.29) is 29.7 Å². The first-order valence-corrected chi connectivity index (χ1v) is 13.5. The van der Waals surface area contributed by atoms with E-state index in [1.165, 1.54) is 10.6 Å². The van der Waals surface area contributed by atoms with E-state index in [0.717, 1.165) is 10.9 Å². The molecule has 3 aromatic rings. The molecule has 0 aliphatic carbocycles. The predicted molar refractivity (Wildman–Crippen MR) is 147 cm³/mol. The average molecular weight is 487 g/mol. The van der Waals surface area contributed by atoms with Crippen molar-refractivity contribution in [3.63, 3.8) is 0 Å². The quantitative estimate of drug-likeness (QED) is 0.195. The number of rotatable bonds is 10. The molecule has 3 nitrogen and oxygen atoms in total. The smallest absolute Gasteiger partial charge is 0.339 e. The molecule has 3 rings (SSSR count). The SMILES string of the molecule is CC(=O)/C(C)=C/C[C@@H](C)[C@H](OC(=O)c1ccccc1P(c1ccccc1)c1ccccc1)C(C)C. The van der Waals surface area contributed by atoms with Gasteiger partial charge in [-0.1, -0.05) is 106 Å². The van der Waals surface area contributed by atoms with Crippen LogP contribution in [0.15, 0.2) is 96.6 Å². The summed E-state index contributed by atoms with van der Waals surface area (Å²) < 4.78 is 6.17. The van der Waals surface area contributed by atoms with Gasteiger partial charge in [0.2, 0.25) is 0 Å². The highest BCUT2D eigenvalue weighted by Crippen LogP contribution is 2.34. The minimum absolute atomic E-state index is 0.0689. The van der Waals surface area contributed by atoms with Crippen molar-refractivity contribution in [2.75, 3.05) is 0 Å². The molecule has 0 saturated carbocycles. The van der Waals surface area contributed by atoms with Gasteiger partial charge in [0, 0.05) is 0 Å². The molecule has 0 unspecified atom stereocenters. The van der Waals surface area contributed by atoms with E-state index >= 15 is 0 Å². The topological polar surface area (TPSA) is 43.4 Å². The first-order chi connectivity index (χ1) is 16.8. The van der Waals surface area contributed by atoms with Crippen molar-refractivity contribution in [3.8, 4) is 0 Å². The van der Waals surface area contributed by atoms with Gasteiger partial charge in [0.15, 0.2) is 5.78 Å². The van der Waals surface area contributed by atoms with Crippen molar-refractivity contribution in [1.29, 1.82) is 0 Å². The van der Waals surface area contributed by atoms with Gasteiger partial charge in [0.05, 0.1) is 5.56 Å². The lowest BCUT2D eigenvalue weighted by molar-refractivity contribution is -0.113. The zero-order valence-corrected chi connectivity index (χ0v) is 22.2. The summed E-state index contributed by atoms with van der Waals surface area (Å²) in [5.74, 6) is 0.0132. The standard InChI is InChI=1S/C31H35O3P/c1-22(2)30(24(4)21-20-23(3)25(5)32)34-31(33)28-18-12-13-19-29(28)35(26-14-8-6-9-15-26)27-16-10-7-11-17-27/h6-20,22,24,30H,21H2,1-5H3/b23-20+/t24-,30-/m1/s1. The summed E-state index contributed by atoms with van der Waals surface area (Å²) in [5, 5.41) is 3.37. The highest BCUT2D eigenvalue weighted by Gasteiger charge is 2.28. The molecular weight excluding hydrogens is 451 g/mol. The van der Waals surface area contributed by atoms with Crippen LogP contribution in [0.4, 0.5) is 0 Å². The number of Topliss-reactive ketones (excluding diaryl/α,β-unsaturated/α-hetero) is 1. The Balaban J connectivity index is 1.95. The second-order valence-corrected chi connectivity index (χ2v) is 11.5. The molecule has 0 saturated heterocycles. The van der Waals surface area contributed by atoms with Gasteiger partial charge in [-0.05, 0) is 67.6 Å². The van der Waals surface area contributed by atoms with Crippen molar-refractivity contribution in [2.24, 2.45) is 11.8 Å². The minimum atomic E-state index is -0.925. The van der Waals surface area contributed by atoms with Gasteiger partial charge in [0.25, 0.3) is 0 Å². The molecule has 0 N–H and O–H groups in total. The number of allylic oxidation sites excluding steroid dienone is 2. The Labute approximate surface area is 211 Å². The molecule has 0 heterocycles. The van der Waals surface area contributed by atoms with Crippen LogP contribution < -0.4 is 15.9 Å². The average Bonchev–Trinajstić information content (AvgIpc) is 2.87. The van der Waals surface area contributed by atoms with Gasteiger partial charge in [-0.25, -0.2) is 4.79 Å². The Morgan fingerprint density at radius 2 is 1.31 bits per heavy atom. The van der Waals surface area contributed by atoms with Crippen molar-refractivity contribution >= 4 is 35.6 Å². The fraction of sp³-hybridized carbons (Fsp3) is 0.290. The molecule has 3 aromatic carbocycles. The Kier molecular flexibility index (Phi) is 9.57. The molecule has 0 fully saturated rings. The third-order valence-electron chi connectivity index (χ3n) is 6.21. The lowest BCUT2D eigenvalue weighted by atomic mass is 9.91. The predicted octanol–water partition coefficient (Wildman–Crippen LogP) is 6.19. The van der Waals surface area contributed by atoms with Crippen molar-refractivity contribution in [3.05, 3.63) is 102 Å². The fourth-order valence-corrected chi connectivity index (χ4v) is 6.60. The third-order valence-corrected chi connectivity index (χ3v) is 8.71. The van der Waals surface area contributed by atoms with E-state index in [0.29, 0.717) is 12.0 Å². The largest absolute Gasteiger partial charge is 0.458 e. The molecule has 0 aliphatic heterocycles. The molecule has 35 heavy (non-hydrogen) atoms. The van der Waals surface area contributed by atoms with Gasteiger partial charge in [0.1, 0.15) is 6.10 Å². The number of benzene rings is 3. The van der Waals surface area contributed by atoms with Crippen molar-refractivity contribution < 1.29 is 14.3 Å². The Morgan fingerprint density at radius 1 is 0.800 bits per heavy atom. The first kappa shape index (κ1) is 26.6. The number of carbonyl (C=O) groups excluding carboxylic acids is 2. The van der Waals surface area contributed by atoms with Gasteiger partial charge >= 0.3 is 5.97 Å².